The van der Waals surface area contributed by atoms with E-state index in [4.69, 9.17) is 17.8 Å². The number of ether oxygens (including phenoxy) is 2. The van der Waals surface area contributed by atoms with Crippen molar-refractivity contribution in [2.45, 2.75) is 199 Å². The van der Waals surface area contributed by atoms with Crippen molar-refractivity contribution in [3.63, 3.8) is 0 Å². The third-order valence-electron chi connectivity index (χ3n) is 9.56. The molecule has 10 heteroatoms. The van der Waals surface area contributed by atoms with Crippen molar-refractivity contribution in [3.8, 4) is 0 Å². The summed E-state index contributed by atoms with van der Waals surface area (Å²) >= 11 is 0. The largest absolute Gasteiger partial charge is 0.341 e. The summed E-state index contributed by atoms with van der Waals surface area (Å²) in [5.74, 6) is -0.915. The lowest BCUT2D eigenvalue weighted by Crippen LogP contribution is -2.33. The molecule has 0 unspecified atom stereocenters. The lowest BCUT2D eigenvalue weighted by Gasteiger charge is -2.29. The van der Waals surface area contributed by atoms with Gasteiger partial charge >= 0.3 is 0 Å². The highest BCUT2D eigenvalue weighted by Gasteiger charge is 2.47. The standard InChI is InChI=1S/C43H78O8S2/c1-5-7-9-11-13-15-17-19-21-23-25-27-29-31-33-35-37-43(50-41(39-48-52(3,44)45)42(51-43)40-49-53(4,46)47)38-36-34-32-30-28-26-24-22-20-18-16-14-12-10-8-6-2/h13-16,19-22,41-42H,5-12,17-18,23-40H2,1-4H3/b15-13-,16-14-,21-19-,22-20-/t41-,42-/m0/s1. The molecular weight excluding hydrogens is 709 g/mol. The molecule has 0 N–H and O–H groups in total. The molecule has 1 aliphatic rings. The van der Waals surface area contributed by atoms with Gasteiger partial charge in [0.1, 0.15) is 12.2 Å². The molecule has 1 aliphatic heterocycles. The number of hydrogen-bond acceptors (Lipinski definition) is 8. The molecule has 1 rings (SSSR count). The van der Waals surface area contributed by atoms with Crippen molar-refractivity contribution in [2.24, 2.45) is 0 Å². The molecule has 8 nitrogen and oxygen atoms in total. The Labute approximate surface area is 326 Å². The molecular formula is C43H78O8S2. The van der Waals surface area contributed by atoms with Gasteiger partial charge in [0.05, 0.1) is 25.7 Å². The second kappa shape index (κ2) is 31.9. The number of rotatable bonds is 36. The van der Waals surface area contributed by atoms with E-state index in [0.717, 1.165) is 76.7 Å². The van der Waals surface area contributed by atoms with E-state index in [1.807, 2.05) is 0 Å². The predicted molar refractivity (Wildman–Crippen MR) is 222 cm³/mol. The molecule has 0 amide bonds. The zero-order valence-electron chi connectivity index (χ0n) is 34.2. The lowest BCUT2D eigenvalue weighted by atomic mass is 9.98. The van der Waals surface area contributed by atoms with Crippen molar-refractivity contribution in [3.05, 3.63) is 48.6 Å². The Morgan fingerprint density at radius 2 is 0.755 bits per heavy atom. The molecule has 1 fully saturated rings. The first kappa shape index (κ1) is 49.7. The average Bonchev–Trinajstić information content (AvgIpc) is 3.46. The summed E-state index contributed by atoms with van der Waals surface area (Å²) in [5, 5.41) is 0. The third kappa shape index (κ3) is 30.6. The topological polar surface area (TPSA) is 105 Å². The Hall–Kier alpha value is -1.30. The average molecular weight is 787 g/mol. The molecule has 0 saturated carbocycles. The Morgan fingerprint density at radius 1 is 0.453 bits per heavy atom. The zero-order chi connectivity index (χ0) is 38.9. The Balaban J connectivity index is 2.52. The summed E-state index contributed by atoms with van der Waals surface area (Å²) in [6, 6.07) is 0. The summed E-state index contributed by atoms with van der Waals surface area (Å²) in [6.45, 7) is 3.98. The van der Waals surface area contributed by atoms with Crippen molar-refractivity contribution >= 4 is 20.2 Å². The maximum atomic E-state index is 11.8. The minimum Gasteiger partial charge on any atom is -0.341 e. The van der Waals surface area contributed by atoms with E-state index in [1.54, 1.807) is 0 Å². The highest BCUT2D eigenvalue weighted by molar-refractivity contribution is 7.86. The number of hydrogen-bond donors (Lipinski definition) is 0. The van der Waals surface area contributed by atoms with Crippen LogP contribution in [0.15, 0.2) is 48.6 Å². The van der Waals surface area contributed by atoms with E-state index in [9.17, 15) is 16.8 Å². The van der Waals surface area contributed by atoms with Crippen LogP contribution in [0.25, 0.3) is 0 Å². The lowest BCUT2D eigenvalue weighted by molar-refractivity contribution is -0.189. The van der Waals surface area contributed by atoms with Crippen molar-refractivity contribution in [1.82, 2.24) is 0 Å². The van der Waals surface area contributed by atoms with E-state index < -0.39 is 38.2 Å². The monoisotopic (exact) mass is 787 g/mol. The summed E-state index contributed by atoms with van der Waals surface area (Å²) in [4.78, 5) is 0. The van der Waals surface area contributed by atoms with E-state index in [1.165, 1.54) is 89.9 Å². The van der Waals surface area contributed by atoms with Crippen LogP contribution >= 0.6 is 0 Å². The van der Waals surface area contributed by atoms with Gasteiger partial charge in [0.15, 0.2) is 5.79 Å². The van der Waals surface area contributed by atoms with Gasteiger partial charge in [0.25, 0.3) is 20.2 Å². The van der Waals surface area contributed by atoms with Crippen LogP contribution in [0.5, 0.6) is 0 Å². The van der Waals surface area contributed by atoms with E-state index in [0.29, 0.717) is 12.8 Å². The molecule has 1 saturated heterocycles. The van der Waals surface area contributed by atoms with Gasteiger partial charge in [-0.05, 0) is 77.0 Å². The van der Waals surface area contributed by atoms with Crippen LogP contribution in [0.3, 0.4) is 0 Å². The number of unbranched alkanes of at least 4 members (excludes halogenated alkanes) is 18. The summed E-state index contributed by atoms with van der Waals surface area (Å²) in [5.41, 5.74) is 0. The maximum absolute atomic E-state index is 11.8. The van der Waals surface area contributed by atoms with Crippen LogP contribution < -0.4 is 0 Å². The molecule has 0 aliphatic carbocycles. The van der Waals surface area contributed by atoms with Gasteiger partial charge in [0, 0.05) is 12.8 Å². The highest BCUT2D eigenvalue weighted by Crippen LogP contribution is 2.38. The second-order valence-corrected chi connectivity index (χ2v) is 18.2. The molecule has 0 radical (unpaired) electrons. The molecule has 1 heterocycles. The zero-order valence-corrected chi connectivity index (χ0v) is 35.8. The molecule has 0 aromatic rings. The molecule has 53 heavy (non-hydrogen) atoms. The fourth-order valence-corrected chi connectivity index (χ4v) is 7.28. The van der Waals surface area contributed by atoms with Gasteiger partial charge in [-0.2, -0.15) is 16.8 Å². The van der Waals surface area contributed by atoms with Crippen molar-refractivity contribution in [1.29, 1.82) is 0 Å². The minimum absolute atomic E-state index is 0.244. The van der Waals surface area contributed by atoms with Gasteiger partial charge < -0.3 is 9.47 Å². The van der Waals surface area contributed by atoms with Crippen molar-refractivity contribution in [2.75, 3.05) is 25.7 Å². The Bertz CT molecular complexity index is 1110. The number of allylic oxidation sites excluding steroid dienone is 8. The molecule has 0 aromatic carbocycles. The fraction of sp³-hybridized carbons (Fsp3) is 0.814. The predicted octanol–water partition coefficient (Wildman–Crippen LogP) is 11.8. The Morgan fingerprint density at radius 3 is 1.08 bits per heavy atom. The van der Waals surface area contributed by atoms with E-state index >= 15 is 0 Å². The maximum Gasteiger partial charge on any atom is 0.264 e. The van der Waals surface area contributed by atoms with Crippen LogP contribution in [0.4, 0.5) is 0 Å². The van der Waals surface area contributed by atoms with Crippen LogP contribution in [0, 0.1) is 0 Å². The second-order valence-electron chi connectivity index (χ2n) is 14.9. The molecule has 0 spiro atoms. The van der Waals surface area contributed by atoms with Crippen LogP contribution in [-0.2, 0) is 38.1 Å². The van der Waals surface area contributed by atoms with Gasteiger partial charge in [-0.1, -0.05) is 140 Å². The van der Waals surface area contributed by atoms with Crippen molar-refractivity contribution < 1.29 is 34.7 Å². The summed E-state index contributed by atoms with van der Waals surface area (Å²) in [6.07, 6.45) is 47.9. The van der Waals surface area contributed by atoms with E-state index in [2.05, 4.69) is 62.5 Å². The normalized spacial score (nSPS) is 18.2. The minimum atomic E-state index is -3.71. The fourth-order valence-electron chi connectivity index (χ4n) is 6.52. The SMILES string of the molecule is CCCCC/C=C\C/C=C\CCCCCCCCC1(CCCCCCCC/C=C\C/C=C\CCCCC)O[C@@H](COS(C)(=O)=O)[C@H](COS(C)(=O)=O)O1. The first-order valence-corrected chi connectivity index (χ1v) is 24.8. The third-order valence-corrected chi connectivity index (χ3v) is 10.7. The highest BCUT2D eigenvalue weighted by atomic mass is 32.2. The Kier molecular flexibility index (Phi) is 29.9. The van der Waals surface area contributed by atoms with Crippen LogP contribution in [0.1, 0.15) is 181 Å². The van der Waals surface area contributed by atoms with Gasteiger partial charge in [0.2, 0.25) is 0 Å². The van der Waals surface area contributed by atoms with Crippen LogP contribution in [0.2, 0.25) is 0 Å². The van der Waals surface area contributed by atoms with Gasteiger partial charge in [-0.25, -0.2) is 0 Å². The summed E-state index contributed by atoms with van der Waals surface area (Å²) in [7, 11) is -7.43. The molecule has 0 aromatic heterocycles. The van der Waals surface area contributed by atoms with E-state index in [-0.39, 0.29) is 13.2 Å². The smallest absolute Gasteiger partial charge is 0.264 e. The van der Waals surface area contributed by atoms with Gasteiger partial charge in [-0.3, -0.25) is 8.37 Å². The summed E-state index contributed by atoms with van der Waals surface area (Å²) < 4.78 is 70.2. The first-order chi connectivity index (χ1) is 25.5. The molecule has 310 valence electrons. The quantitative estimate of drug-likeness (QED) is 0.0351. The molecule has 0 bridgehead atoms. The van der Waals surface area contributed by atoms with Crippen LogP contribution in [-0.4, -0.2) is 60.6 Å². The van der Waals surface area contributed by atoms with Gasteiger partial charge in [-0.15, -0.1) is 0 Å². The first-order valence-electron chi connectivity index (χ1n) is 21.1. The molecule has 2 atom stereocenters.